The van der Waals surface area contributed by atoms with Crippen LogP contribution >= 0.6 is 11.6 Å². The number of benzene rings is 1. The van der Waals surface area contributed by atoms with Crippen LogP contribution < -0.4 is 10.9 Å². The standard InChI is InChI=1S/C18H15ClN4O2/c19-15-6-2-1-5-14(15)16-7-8-18(25)23(22-16)12-17(24)21-11-13-4-3-9-20-10-13/h1-10H,11-12H2,(H,21,24). The molecular weight excluding hydrogens is 340 g/mol. The van der Waals surface area contributed by atoms with Crippen molar-refractivity contribution in [2.45, 2.75) is 13.1 Å². The molecule has 0 aliphatic carbocycles. The maximum absolute atomic E-state index is 12.1. The van der Waals surface area contributed by atoms with Crippen molar-refractivity contribution < 1.29 is 4.79 Å². The maximum Gasteiger partial charge on any atom is 0.267 e. The molecule has 1 amide bonds. The summed E-state index contributed by atoms with van der Waals surface area (Å²) in [5.74, 6) is -0.310. The van der Waals surface area contributed by atoms with Crippen LogP contribution in [0.1, 0.15) is 5.56 Å². The summed E-state index contributed by atoms with van der Waals surface area (Å²) >= 11 is 6.16. The van der Waals surface area contributed by atoms with E-state index < -0.39 is 0 Å². The lowest BCUT2D eigenvalue weighted by molar-refractivity contribution is -0.122. The largest absolute Gasteiger partial charge is 0.350 e. The summed E-state index contributed by atoms with van der Waals surface area (Å²) in [6.45, 7) is 0.170. The molecule has 6 nitrogen and oxygen atoms in total. The number of carbonyl (C=O) groups excluding carboxylic acids is 1. The van der Waals surface area contributed by atoms with Gasteiger partial charge in [0.05, 0.1) is 10.7 Å². The summed E-state index contributed by atoms with van der Waals surface area (Å²) in [6, 6.07) is 13.8. The summed E-state index contributed by atoms with van der Waals surface area (Å²) < 4.78 is 1.12. The molecule has 0 spiro atoms. The van der Waals surface area contributed by atoms with Gasteiger partial charge >= 0.3 is 0 Å². The number of nitrogens with one attached hydrogen (secondary N) is 1. The number of pyridine rings is 1. The summed E-state index contributed by atoms with van der Waals surface area (Å²) in [7, 11) is 0. The predicted octanol–water partition coefficient (Wildman–Crippen LogP) is 2.28. The van der Waals surface area contributed by atoms with Gasteiger partial charge in [0.25, 0.3) is 5.56 Å². The molecule has 126 valence electrons. The Kier molecular flexibility index (Phi) is 5.20. The average Bonchev–Trinajstić information content (AvgIpc) is 2.63. The second kappa shape index (κ2) is 7.72. The Morgan fingerprint density at radius 1 is 1.12 bits per heavy atom. The van der Waals surface area contributed by atoms with Gasteiger partial charge < -0.3 is 5.32 Å². The number of rotatable bonds is 5. The monoisotopic (exact) mass is 354 g/mol. The molecule has 0 saturated heterocycles. The third-order valence-electron chi connectivity index (χ3n) is 3.52. The van der Waals surface area contributed by atoms with E-state index in [-0.39, 0.29) is 18.0 Å². The second-order valence-corrected chi connectivity index (χ2v) is 5.74. The summed E-state index contributed by atoms with van der Waals surface area (Å²) in [6.07, 6.45) is 3.33. The average molecular weight is 355 g/mol. The van der Waals surface area contributed by atoms with Gasteiger partial charge in [-0.05, 0) is 23.8 Å². The van der Waals surface area contributed by atoms with Crippen molar-refractivity contribution in [2.75, 3.05) is 0 Å². The molecule has 2 aromatic heterocycles. The van der Waals surface area contributed by atoms with Crippen LogP contribution in [0.3, 0.4) is 0 Å². The van der Waals surface area contributed by atoms with Crippen LogP contribution in [0, 0.1) is 0 Å². The van der Waals surface area contributed by atoms with E-state index in [1.165, 1.54) is 6.07 Å². The fourth-order valence-corrected chi connectivity index (χ4v) is 2.50. The van der Waals surface area contributed by atoms with E-state index in [0.29, 0.717) is 22.8 Å². The van der Waals surface area contributed by atoms with Crippen LogP contribution in [0.5, 0.6) is 0 Å². The lowest BCUT2D eigenvalue weighted by Crippen LogP contribution is -2.33. The molecule has 0 fully saturated rings. The van der Waals surface area contributed by atoms with Crippen molar-refractivity contribution >= 4 is 17.5 Å². The molecule has 1 N–H and O–H groups in total. The molecule has 0 bridgehead atoms. The van der Waals surface area contributed by atoms with Crippen molar-refractivity contribution in [3.05, 3.63) is 81.9 Å². The first kappa shape index (κ1) is 16.9. The van der Waals surface area contributed by atoms with Gasteiger partial charge in [-0.15, -0.1) is 0 Å². The Bertz CT molecular complexity index is 941. The number of halogens is 1. The molecule has 0 radical (unpaired) electrons. The van der Waals surface area contributed by atoms with Gasteiger partial charge in [-0.25, -0.2) is 4.68 Å². The molecule has 3 aromatic rings. The minimum absolute atomic E-state index is 0.169. The van der Waals surface area contributed by atoms with Gasteiger partial charge in [-0.2, -0.15) is 5.10 Å². The van der Waals surface area contributed by atoms with Crippen LogP contribution in [0.4, 0.5) is 0 Å². The van der Waals surface area contributed by atoms with Gasteiger partial charge in [-0.1, -0.05) is 35.9 Å². The number of nitrogens with zero attached hydrogens (tertiary/aromatic N) is 3. The fourth-order valence-electron chi connectivity index (χ4n) is 2.27. The first-order chi connectivity index (χ1) is 12.1. The van der Waals surface area contributed by atoms with Crippen molar-refractivity contribution in [1.29, 1.82) is 0 Å². The Balaban J connectivity index is 1.74. The van der Waals surface area contributed by atoms with Gasteiger partial charge in [0.2, 0.25) is 5.91 Å². The minimum Gasteiger partial charge on any atom is -0.350 e. The van der Waals surface area contributed by atoms with E-state index in [0.717, 1.165) is 10.2 Å². The lowest BCUT2D eigenvalue weighted by atomic mass is 10.1. The van der Waals surface area contributed by atoms with Crippen LogP contribution in [0.2, 0.25) is 5.02 Å². The number of carbonyl (C=O) groups is 1. The minimum atomic E-state index is -0.354. The normalized spacial score (nSPS) is 10.4. The third kappa shape index (κ3) is 4.30. The highest BCUT2D eigenvalue weighted by Crippen LogP contribution is 2.24. The summed E-state index contributed by atoms with van der Waals surface area (Å²) in [5, 5.41) is 7.51. The van der Waals surface area contributed by atoms with Gasteiger partial charge in [-0.3, -0.25) is 14.6 Å². The highest BCUT2D eigenvalue weighted by Gasteiger charge is 2.09. The lowest BCUT2D eigenvalue weighted by Gasteiger charge is -2.09. The number of amides is 1. The van der Waals surface area contributed by atoms with Gasteiger partial charge in [0.15, 0.2) is 0 Å². The topological polar surface area (TPSA) is 76.9 Å². The predicted molar refractivity (Wildman–Crippen MR) is 95.0 cm³/mol. The maximum atomic E-state index is 12.1. The van der Waals surface area contributed by atoms with Crippen LogP contribution in [-0.4, -0.2) is 20.7 Å². The fraction of sp³-hybridized carbons (Fsp3) is 0.111. The molecule has 2 heterocycles. The molecule has 0 aliphatic rings. The van der Waals surface area contributed by atoms with Crippen molar-refractivity contribution in [1.82, 2.24) is 20.1 Å². The molecule has 3 rings (SSSR count). The molecule has 7 heteroatoms. The third-order valence-corrected chi connectivity index (χ3v) is 3.85. The van der Waals surface area contributed by atoms with E-state index in [1.54, 1.807) is 30.6 Å². The molecular formula is C18H15ClN4O2. The van der Waals surface area contributed by atoms with E-state index in [2.05, 4.69) is 15.4 Å². The first-order valence-electron chi connectivity index (χ1n) is 7.62. The summed E-state index contributed by atoms with van der Waals surface area (Å²) in [5.41, 5.74) is 1.76. The van der Waals surface area contributed by atoms with Gasteiger partial charge in [0.1, 0.15) is 6.54 Å². The molecule has 0 saturated carbocycles. The van der Waals surface area contributed by atoms with Crippen LogP contribution in [-0.2, 0) is 17.9 Å². The second-order valence-electron chi connectivity index (χ2n) is 5.33. The van der Waals surface area contributed by atoms with Crippen molar-refractivity contribution in [2.24, 2.45) is 0 Å². The zero-order chi connectivity index (χ0) is 17.6. The number of aromatic nitrogens is 3. The Morgan fingerprint density at radius 3 is 2.72 bits per heavy atom. The smallest absolute Gasteiger partial charge is 0.267 e. The SMILES string of the molecule is O=C(Cn1nc(-c2ccccc2Cl)ccc1=O)NCc1cccnc1. The van der Waals surface area contributed by atoms with Crippen LogP contribution in [0.15, 0.2) is 65.7 Å². The van der Waals surface area contributed by atoms with Crippen molar-refractivity contribution in [3.63, 3.8) is 0 Å². The van der Waals surface area contributed by atoms with Crippen molar-refractivity contribution in [3.8, 4) is 11.3 Å². The highest BCUT2D eigenvalue weighted by molar-refractivity contribution is 6.33. The Morgan fingerprint density at radius 2 is 1.96 bits per heavy atom. The Hall–Kier alpha value is -2.99. The van der Waals surface area contributed by atoms with E-state index in [9.17, 15) is 9.59 Å². The first-order valence-corrected chi connectivity index (χ1v) is 8.00. The quantitative estimate of drug-likeness (QED) is 0.762. The molecule has 1 aromatic carbocycles. The molecule has 0 aliphatic heterocycles. The van der Waals surface area contributed by atoms with Crippen LogP contribution in [0.25, 0.3) is 11.3 Å². The van der Waals surface area contributed by atoms with E-state index in [1.807, 2.05) is 24.3 Å². The van der Waals surface area contributed by atoms with Gasteiger partial charge in [0, 0.05) is 30.6 Å². The summed E-state index contributed by atoms with van der Waals surface area (Å²) in [4.78, 5) is 28.1. The zero-order valence-electron chi connectivity index (χ0n) is 13.2. The molecule has 25 heavy (non-hydrogen) atoms. The number of hydrogen-bond acceptors (Lipinski definition) is 4. The van der Waals surface area contributed by atoms with E-state index in [4.69, 9.17) is 11.6 Å². The highest BCUT2D eigenvalue weighted by atomic mass is 35.5. The van der Waals surface area contributed by atoms with E-state index >= 15 is 0 Å². The molecule has 0 unspecified atom stereocenters. The zero-order valence-corrected chi connectivity index (χ0v) is 14.0. The number of hydrogen-bond donors (Lipinski definition) is 1. The molecule has 0 atom stereocenters. The Labute approximate surface area is 149 Å².